The molecule has 41 heavy (non-hydrogen) atoms. The molecule has 1 aliphatic carbocycles. The lowest BCUT2D eigenvalue weighted by Crippen LogP contribution is -2.57. The number of fused-ring (bicyclic) bond motifs is 3. The van der Waals surface area contributed by atoms with Gasteiger partial charge in [-0.25, -0.2) is 9.59 Å². The number of carbonyl (C=O) groups excluding carboxylic acids is 3. The number of nitrogens with zero attached hydrogens (tertiary/aromatic N) is 1. The van der Waals surface area contributed by atoms with Crippen molar-refractivity contribution in [3.05, 3.63) is 65.7 Å². The van der Waals surface area contributed by atoms with Gasteiger partial charge in [0.15, 0.2) is 0 Å². The summed E-state index contributed by atoms with van der Waals surface area (Å²) in [7, 11) is 2.80. The summed E-state index contributed by atoms with van der Waals surface area (Å²) in [5.74, 6) is -0.290. The molecule has 2 aromatic rings. The van der Waals surface area contributed by atoms with Crippen LogP contribution in [0.3, 0.4) is 0 Å². The Bertz CT molecular complexity index is 1350. The molecule has 1 fully saturated rings. The molecule has 4 rings (SSSR count). The number of hydrogen-bond donors (Lipinski definition) is 2. The fraction of sp³-hybridized carbons (Fsp3) is 0.419. The second kappa shape index (κ2) is 12.6. The molecule has 218 valence electrons. The summed E-state index contributed by atoms with van der Waals surface area (Å²) >= 11 is 0. The monoisotopic (exact) mass is 563 g/mol. The van der Waals surface area contributed by atoms with Crippen LogP contribution in [0.5, 0.6) is 5.75 Å². The first-order valence-electron chi connectivity index (χ1n) is 13.5. The van der Waals surface area contributed by atoms with Gasteiger partial charge in [-0.1, -0.05) is 45.0 Å². The SMILES string of the molecule is COC(=O)[C@@H]1C[C@@H](OC)CN1C(=O)[C@@H](NC(=O)OCC=CCOc1ccc2c(c1)C(=N)c1ccccc1-2)C(C)(C)C. The van der Waals surface area contributed by atoms with Gasteiger partial charge >= 0.3 is 12.1 Å². The van der Waals surface area contributed by atoms with E-state index in [1.165, 1.54) is 19.1 Å². The highest BCUT2D eigenvalue weighted by molar-refractivity contribution is 6.23. The van der Waals surface area contributed by atoms with Crippen molar-refractivity contribution in [3.63, 3.8) is 0 Å². The third-order valence-corrected chi connectivity index (χ3v) is 7.30. The number of carbonyl (C=O) groups is 3. The average Bonchev–Trinajstić information content (AvgIpc) is 3.52. The lowest BCUT2D eigenvalue weighted by atomic mass is 9.85. The van der Waals surface area contributed by atoms with Gasteiger partial charge in [0, 0.05) is 31.2 Å². The van der Waals surface area contributed by atoms with Gasteiger partial charge in [-0.15, -0.1) is 0 Å². The zero-order chi connectivity index (χ0) is 29.7. The number of amides is 2. The number of methoxy groups -OCH3 is 2. The number of hydrogen-bond acceptors (Lipinski definition) is 8. The molecule has 1 saturated heterocycles. The van der Waals surface area contributed by atoms with Gasteiger partial charge in [0.05, 0.1) is 18.9 Å². The van der Waals surface area contributed by atoms with E-state index in [1.807, 2.05) is 63.2 Å². The van der Waals surface area contributed by atoms with Crippen molar-refractivity contribution in [2.45, 2.75) is 45.4 Å². The molecule has 2 N–H and O–H groups in total. The number of benzene rings is 2. The highest BCUT2D eigenvalue weighted by Gasteiger charge is 2.45. The van der Waals surface area contributed by atoms with Crippen LogP contribution in [0.1, 0.15) is 38.3 Å². The van der Waals surface area contributed by atoms with Gasteiger partial charge in [0.2, 0.25) is 5.91 Å². The summed E-state index contributed by atoms with van der Waals surface area (Å²) < 4.78 is 21.3. The van der Waals surface area contributed by atoms with Crippen molar-refractivity contribution in [1.82, 2.24) is 10.2 Å². The first-order chi connectivity index (χ1) is 19.5. The molecule has 0 unspecified atom stereocenters. The molecular weight excluding hydrogens is 526 g/mol. The molecule has 10 heteroatoms. The van der Waals surface area contributed by atoms with Crippen LogP contribution < -0.4 is 10.1 Å². The van der Waals surface area contributed by atoms with Gasteiger partial charge in [-0.05, 0) is 46.9 Å². The van der Waals surface area contributed by atoms with E-state index in [9.17, 15) is 14.4 Å². The van der Waals surface area contributed by atoms with Gasteiger partial charge in [-0.3, -0.25) is 10.2 Å². The number of rotatable bonds is 9. The van der Waals surface area contributed by atoms with Crippen molar-refractivity contribution in [1.29, 1.82) is 5.41 Å². The second-order valence-electron chi connectivity index (χ2n) is 11.1. The first kappa shape index (κ1) is 29.8. The topological polar surface area (TPSA) is 127 Å². The molecule has 0 radical (unpaired) electrons. The number of likely N-dealkylation sites (tertiary alicyclic amines) is 1. The Hall–Kier alpha value is -4.18. The number of nitrogens with one attached hydrogen (secondary N) is 2. The number of alkyl carbamates (subject to hydrolysis) is 1. The van der Waals surface area contributed by atoms with E-state index >= 15 is 0 Å². The van der Waals surface area contributed by atoms with Crippen molar-refractivity contribution in [3.8, 4) is 16.9 Å². The molecule has 0 spiro atoms. The van der Waals surface area contributed by atoms with Crippen LogP contribution in [-0.4, -0.2) is 80.7 Å². The maximum atomic E-state index is 13.5. The summed E-state index contributed by atoms with van der Waals surface area (Å²) in [4.78, 5) is 39.8. The smallest absolute Gasteiger partial charge is 0.408 e. The van der Waals surface area contributed by atoms with Crippen molar-refractivity contribution >= 4 is 23.7 Å². The molecular formula is C31H37N3O7. The first-order valence-corrected chi connectivity index (χ1v) is 13.5. The Labute approximate surface area is 240 Å². The van der Waals surface area contributed by atoms with E-state index < -0.39 is 35.5 Å². The second-order valence-corrected chi connectivity index (χ2v) is 11.1. The van der Waals surface area contributed by atoms with Crippen LogP contribution in [0.2, 0.25) is 0 Å². The number of ether oxygens (including phenoxy) is 4. The zero-order valence-corrected chi connectivity index (χ0v) is 24.1. The Morgan fingerprint density at radius 1 is 1.02 bits per heavy atom. The summed E-state index contributed by atoms with van der Waals surface area (Å²) in [5.41, 5.74) is 3.64. The van der Waals surface area contributed by atoms with E-state index in [4.69, 9.17) is 24.4 Å². The van der Waals surface area contributed by atoms with Crippen LogP contribution in [0.4, 0.5) is 4.79 Å². The normalized spacial score (nSPS) is 18.6. The third-order valence-electron chi connectivity index (χ3n) is 7.30. The van der Waals surface area contributed by atoms with Crippen LogP contribution in [-0.2, 0) is 23.8 Å². The minimum atomic E-state index is -0.935. The fourth-order valence-corrected chi connectivity index (χ4v) is 5.09. The quantitative estimate of drug-likeness (QED) is 0.298. The maximum Gasteiger partial charge on any atom is 0.408 e. The Kier molecular flexibility index (Phi) is 9.12. The molecule has 10 nitrogen and oxygen atoms in total. The third kappa shape index (κ3) is 6.59. The average molecular weight is 564 g/mol. The van der Waals surface area contributed by atoms with Crippen LogP contribution in [0.15, 0.2) is 54.6 Å². The molecule has 0 aromatic heterocycles. The Morgan fingerprint density at radius 2 is 1.71 bits per heavy atom. The van der Waals surface area contributed by atoms with Gasteiger partial charge in [0.25, 0.3) is 0 Å². The standard InChI is InChI=1S/C31H37N3O7/c1-31(2,3)27(28(35)34-18-20(38-4)17-25(34)29(36)39-5)33-30(37)41-15-9-8-14-40-19-12-13-22-21-10-6-7-11-23(21)26(32)24(22)16-19/h6-13,16,20,25,27,32H,14-15,17-18H2,1-5H3,(H,33,37)/t20-,25+,27-/m1/s1. The Morgan fingerprint density at radius 3 is 2.39 bits per heavy atom. The van der Waals surface area contributed by atoms with E-state index in [2.05, 4.69) is 5.32 Å². The minimum absolute atomic E-state index is 0.0232. The summed E-state index contributed by atoms with van der Waals surface area (Å²) in [6.45, 7) is 5.91. The van der Waals surface area contributed by atoms with Crippen molar-refractivity contribution < 1.29 is 33.3 Å². The van der Waals surface area contributed by atoms with Crippen LogP contribution >= 0.6 is 0 Å². The van der Waals surface area contributed by atoms with E-state index in [0.717, 1.165) is 22.3 Å². The lowest BCUT2D eigenvalue weighted by molar-refractivity contribution is -0.152. The molecule has 1 aliphatic heterocycles. The summed E-state index contributed by atoms with van der Waals surface area (Å²) in [6, 6.07) is 11.8. The van der Waals surface area contributed by atoms with Gasteiger partial charge < -0.3 is 29.2 Å². The zero-order valence-electron chi connectivity index (χ0n) is 24.1. The predicted molar refractivity (Wildman–Crippen MR) is 153 cm³/mol. The Balaban J connectivity index is 1.28. The molecule has 2 amide bonds. The molecule has 1 heterocycles. The fourth-order valence-electron chi connectivity index (χ4n) is 5.09. The van der Waals surface area contributed by atoms with E-state index in [0.29, 0.717) is 17.9 Å². The molecule has 2 aromatic carbocycles. The van der Waals surface area contributed by atoms with Crippen LogP contribution in [0, 0.1) is 10.8 Å². The highest BCUT2D eigenvalue weighted by atomic mass is 16.5. The maximum absolute atomic E-state index is 13.5. The number of esters is 1. The highest BCUT2D eigenvalue weighted by Crippen LogP contribution is 2.38. The molecule has 0 bridgehead atoms. The van der Waals surface area contributed by atoms with E-state index in [-0.39, 0.29) is 25.9 Å². The summed E-state index contributed by atoms with van der Waals surface area (Å²) in [6.07, 6.45) is 2.64. The largest absolute Gasteiger partial charge is 0.490 e. The molecule has 2 aliphatic rings. The summed E-state index contributed by atoms with van der Waals surface area (Å²) in [5, 5.41) is 11.1. The van der Waals surface area contributed by atoms with Crippen LogP contribution in [0.25, 0.3) is 11.1 Å². The van der Waals surface area contributed by atoms with Gasteiger partial charge in [-0.2, -0.15) is 0 Å². The molecule has 3 atom stereocenters. The molecule has 0 saturated carbocycles. The predicted octanol–water partition coefficient (Wildman–Crippen LogP) is 3.95. The minimum Gasteiger partial charge on any atom is -0.490 e. The van der Waals surface area contributed by atoms with Crippen molar-refractivity contribution in [2.24, 2.45) is 5.41 Å². The lowest BCUT2D eigenvalue weighted by Gasteiger charge is -2.34. The van der Waals surface area contributed by atoms with E-state index in [1.54, 1.807) is 12.2 Å². The van der Waals surface area contributed by atoms with Crippen molar-refractivity contribution in [2.75, 3.05) is 34.0 Å². The van der Waals surface area contributed by atoms with Gasteiger partial charge in [0.1, 0.15) is 31.0 Å².